The summed E-state index contributed by atoms with van der Waals surface area (Å²) in [5, 5.41) is 30.3. The van der Waals surface area contributed by atoms with Gasteiger partial charge in [0.25, 0.3) is 0 Å². The van der Waals surface area contributed by atoms with Crippen LogP contribution in [-0.4, -0.2) is 97.5 Å². The molecular formula is C37H72O12S. The minimum Gasteiger partial charge on any atom is -0.457 e. The van der Waals surface area contributed by atoms with Gasteiger partial charge in [-0.2, -0.15) is 8.42 Å². The molecule has 0 aromatic carbocycles. The zero-order valence-corrected chi connectivity index (χ0v) is 32.0. The van der Waals surface area contributed by atoms with Crippen LogP contribution in [-0.2, 0) is 38.3 Å². The van der Waals surface area contributed by atoms with Gasteiger partial charge in [-0.15, -0.1) is 0 Å². The molecule has 50 heavy (non-hydrogen) atoms. The monoisotopic (exact) mass is 740 g/mol. The molecule has 0 aromatic heterocycles. The van der Waals surface area contributed by atoms with Crippen LogP contribution >= 0.6 is 0 Å². The molecule has 12 nitrogen and oxygen atoms in total. The predicted molar refractivity (Wildman–Crippen MR) is 193 cm³/mol. The summed E-state index contributed by atoms with van der Waals surface area (Å²) in [6.45, 7) is 3.73. The third-order valence-corrected chi connectivity index (χ3v) is 9.69. The third kappa shape index (κ3) is 24.4. The van der Waals surface area contributed by atoms with Crippen molar-refractivity contribution in [2.24, 2.45) is 0 Å². The lowest BCUT2D eigenvalue weighted by molar-refractivity contribution is -0.301. The van der Waals surface area contributed by atoms with Gasteiger partial charge in [-0.25, -0.2) is 4.18 Å². The summed E-state index contributed by atoms with van der Waals surface area (Å²) in [5.74, 6) is -0.431. The van der Waals surface area contributed by atoms with E-state index in [9.17, 15) is 28.5 Å². The summed E-state index contributed by atoms with van der Waals surface area (Å²) < 4.78 is 58.2. The molecule has 298 valence electrons. The Labute approximate surface area is 303 Å². The van der Waals surface area contributed by atoms with Gasteiger partial charge < -0.3 is 34.3 Å². The van der Waals surface area contributed by atoms with E-state index < -0.39 is 59.8 Å². The zero-order chi connectivity index (χ0) is 36.9. The first-order valence-electron chi connectivity index (χ1n) is 19.8. The smallest absolute Gasteiger partial charge is 0.397 e. The largest absolute Gasteiger partial charge is 0.457 e. The molecule has 4 N–H and O–H groups in total. The first-order chi connectivity index (χ1) is 24.1. The number of aliphatic hydroxyl groups excluding tert-OH is 3. The number of unbranched alkanes of at least 4 members (excludes halogenated alkanes) is 21. The fourth-order valence-corrected chi connectivity index (χ4v) is 6.69. The molecule has 1 aliphatic heterocycles. The Bertz CT molecular complexity index is 905. The highest BCUT2D eigenvalue weighted by Gasteiger charge is 2.48. The van der Waals surface area contributed by atoms with Gasteiger partial charge in [0, 0.05) is 13.0 Å². The fourth-order valence-electron chi connectivity index (χ4n) is 6.18. The molecule has 6 atom stereocenters. The first kappa shape index (κ1) is 47.1. The molecule has 0 radical (unpaired) electrons. The molecule has 1 aliphatic rings. The molecule has 6 unspecified atom stereocenters. The lowest BCUT2D eigenvalue weighted by Gasteiger charge is -2.41. The molecule has 1 rings (SSSR count). The topological polar surface area (TPSA) is 178 Å². The number of hydrogen-bond donors (Lipinski definition) is 4. The van der Waals surface area contributed by atoms with E-state index >= 15 is 0 Å². The maximum Gasteiger partial charge on any atom is 0.397 e. The van der Waals surface area contributed by atoms with Crippen LogP contribution < -0.4 is 0 Å². The van der Waals surface area contributed by atoms with E-state index in [4.69, 9.17) is 23.5 Å². The van der Waals surface area contributed by atoms with Crippen LogP contribution in [0.1, 0.15) is 168 Å². The number of ether oxygens (including phenoxy) is 4. The highest BCUT2D eigenvalue weighted by atomic mass is 32.3. The Morgan fingerprint density at radius 1 is 0.680 bits per heavy atom. The fraction of sp³-hybridized carbons (Fsp3) is 0.973. The lowest BCUT2D eigenvalue weighted by atomic mass is 9.99. The van der Waals surface area contributed by atoms with Crippen molar-refractivity contribution in [3.05, 3.63) is 0 Å². The van der Waals surface area contributed by atoms with Crippen LogP contribution in [0.15, 0.2) is 0 Å². The summed E-state index contributed by atoms with van der Waals surface area (Å²) in [4.78, 5) is 12.3. The Morgan fingerprint density at radius 3 is 1.58 bits per heavy atom. The number of rotatable bonds is 34. The van der Waals surface area contributed by atoms with Gasteiger partial charge >= 0.3 is 16.4 Å². The van der Waals surface area contributed by atoms with E-state index in [-0.39, 0.29) is 19.6 Å². The average Bonchev–Trinajstić information content (AvgIpc) is 3.08. The quantitative estimate of drug-likeness (QED) is 0.0303. The van der Waals surface area contributed by atoms with E-state index in [1.165, 1.54) is 116 Å². The van der Waals surface area contributed by atoms with Crippen molar-refractivity contribution in [1.29, 1.82) is 0 Å². The molecule has 0 aliphatic carbocycles. The Kier molecular flexibility index (Phi) is 28.8. The third-order valence-electron chi connectivity index (χ3n) is 9.23. The second kappa shape index (κ2) is 30.6. The van der Waals surface area contributed by atoms with Crippen molar-refractivity contribution < 1.29 is 56.2 Å². The van der Waals surface area contributed by atoms with Crippen LogP contribution in [0, 0.1) is 0 Å². The molecule has 0 bridgehead atoms. The van der Waals surface area contributed by atoms with Gasteiger partial charge in [0.2, 0.25) is 0 Å². The van der Waals surface area contributed by atoms with E-state index in [0.717, 1.165) is 25.7 Å². The minimum absolute atomic E-state index is 0.0386. The molecule has 1 heterocycles. The van der Waals surface area contributed by atoms with E-state index in [1.54, 1.807) is 0 Å². The highest BCUT2D eigenvalue weighted by Crippen LogP contribution is 2.26. The maximum absolute atomic E-state index is 12.3. The van der Waals surface area contributed by atoms with Crippen molar-refractivity contribution in [2.75, 3.05) is 26.4 Å². The van der Waals surface area contributed by atoms with Crippen LogP contribution in [0.5, 0.6) is 0 Å². The van der Waals surface area contributed by atoms with Crippen LogP contribution in [0.4, 0.5) is 0 Å². The molecule has 0 amide bonds. The van der Waals surface area contributed by atoms with Crippen LogP contribution in [0.3, 0.4) is 0 Å². The molecule has 0 aromatic rings. The predicted octanol–water partition coefficient (Wildman–Crippen LogP) is 6.96. The normalized spacial score (nSPS) is 21.8. The summed E-state index contributed by atoms with van der Waals surface area (Å²) >= 11 is 0. The van der Waals surface area contributed by atoms with Gasteiger partial charge in [0.1, 0.15) is 30.5 Å². The molecule has 0 spiro atoms. The Hall–Kier alpha value is -0.900. The van der Waals surface area contributed by atoms with E-state index in [2.05, 4.69) is 11.1 Å². The van der Waals surface area contributed by atoms with Crippen LogP contribution in [0.2, 0.25) is 0 Å². The van der Waals surface area contributed by atoms with Gasteiger partial charge in [-0.05, 0) is 12.8 Å². The van der Waals surface area contributed by atoms with Crippen molar-refractivity contribution in [3.8, 4) is 0 Å². The SMILES string of the molecule is CCCCCCCCCCCCCCCCCCCCCCCOCC(COC1OC(CO)C(O)C(OS(=O)(=O)O)C1O)OC(=O)CCCC. The van der Waals surface area contributed by atoms with Gasteiger partial charge in [0.05, 0.1) is 19.8 Å². The van der Waals surface area contributed by atoms with Crippen LogP contribution in [0.25, 0.3) is 0 Å². The molecule has 13 heteroatoms. The minimum atomic E-state index is -5.04. The van der Waals surface area contributed by atoms with E-state index in [0.29, 0.717) is 13.0 Å². The number of hydrogen-bond acceptors (Lipinski definition) is 11. The summed E-state index contributed by atoms with van der Waals surface area (Å²) in [6.07, 6.45) is 20.1. The Morgan fingerprint density at radius 2 is 1.14 bits per heavy atom. The lowest BCUT2D eigenvalue weighted by Crippen LogP contribution is -2.60. The Balaban J connectivity index is 2.19. The summed E-state index contributed by atoms with van der Waals surface area (Å²) in [5.41, 5.74) is 0. The number of carbonyl (C=O) groups is 1. The van der Waals surface area contributed by atoms with Gasteiger partial charge in [-0.3, -0.25) is 9.35 Å². The standard InChI is InChI=1S/C37H72O12S/c1-3-5-7-8-9-10-11-12-13-14-15-16-17-18-19-20-21-22-23-24-25-27-45-29-31(47-33(39)26-6-4-2)30-46-37-35(41)36(49-50(42,43)44)34(40)32(28-38)48-37/h31-32,34-38,40-41H,3-30H2,1-2H3,(H,42,43,44). The molecule has 1 fully saturated rings. The van der Waals surface area contributed by atoms with Crippen molar-refractivity contribution in [3.63, 3.8) is 0 Å². The molecular weight excluding hydrogens is 668 g/mol. The summed E-state index contributed by atoms with van der Waals surface area (Å²) in [7, 11) is -5.04. The second-order valence-corrected chi connectivity index (χ2v) is 14.9. The number of aliphatic hydroxyl groups is 3. The number of esters is 1. The average molecular weight is 741 g/mol. The van der Waals surface area contributed by atoms with Crippen molar-refractivity contribution in [2.45, 2.75) is 205 Å². The van der Waals surface area contributed by atoms with Crippen molar-refractivity contribution >= 4 is 16.4 Å². The first-order valence-corrected chi connectivity index (χ1v) is 21.2. The van der Waals surface area contributed by atoms with Gasteiger partial charge in [0.15, 0.2) is 6.29 Å². The van der Waals surface area contributed by atoms with Crippen molar-refractivity contribution in [1.82, 2.24) is 0 Å². The summed E-state index contributed by atoms with van der Waals surface area (Å²) in [6, 6.07) is 0. The van der Waals surface area contributed by atoms with Gasteiger partial charge in [-0.1, -0.05) is 149 Å². The second-order valence-electron chi connectivity index (χ2n) is 13.9. The molecule has 0 saturated carbocycles. The zero-order valence-electron chi connectivity index (χ0n) is 31.2. The molecule has 1 saturated heterocycles. The highest BCUT2D eigenvalue weighted by molar-refractivity contribution is 7.80. The number of carbonyl (C=O) groups excluding carboxylic acids is 1. The van der Waals surface area contributed by atoms with E-state index in [1.807, 2.05) is 6.92 Å². The maximum atomic E-state index is 12.3.